The van der Waals surface area contributed by atoms with Gasteiger partial charge in [0, 0.05) is 35.2 Å². The van der Waals surface area contributed by atoms with Crippen molar-refractivity contribution in [2.75, 3.05) is 20.4 Å². The topological polar surface area (TPSA) is 171 Å². The number of nitrogens with two attached hydrogens (primary N) is 1. The number of ether oxygens (including phenoxy) is 3. The quantitative estimate of drug-likeness (QED) is 0.0664. The van der Waals surface area contributed by atoms with Crippen LogP contribution in [0.2, 0.25) is 0 Å². The van der Waals surface area contributed by atoms with E-state index in [2.05, 4.69) is 16.9 Å². The maximum Gasteiger partial charge on any atom is 0.360 e. The Bertz CT molecular complexity index is 1690. The van der Waals surface area contributed by atoms with E-state index in [-0.39, 0.29) is 46.5 Å². The second-order valence-corrected chi connectivity index (χ2v) is 11.8. The molecule has 0 aliphatic heterocycles. The number of benzene rings is 2. The molecular formula is C36H40N4O7. The molecule has 11 nitrogen and oxygen atoms in total. The molecule has 1 amide bonds. The Balaban J connectivity index is 1.75. The zero-order valence-corrected chi connectivity index (χ0v) is 27.1. The first-order valence-corrected chi connectivity index (χ1v) is 15.4. The van der Waals surface area contributed by atoms with Crippen LogP contribution in [0, 0.1) is 23.2 Å². The van der Waals surface area contributed by atoms with Gasteiger partial charge in [-0.2, -0.15) is 0 Å². The largest absolute Gasteiger partial charge is 0.496 e. The molecule has 4 N–H and O–H groups in total. The molecule has 11 heteroatoms. The summed E-state index contributed by atoms with van der Waals surface area (Å²) in [4.78, 5) is 57.1. The molecule has 3 aromatic rings. The minimum atomic E-state index is -0.952. The number of carbonyl (C=O) groups is 4. The fourth-order valence-corrected chi connectivity index (χ4v) is 4.69. The van der Waals surface area contributed by atoms with Gasteiger partial charge in [-0.05, 0) is 60.1 Å². The first-order valence-electron chi connectivity index (χ1n) is 15.4. The van der Waals surface area contributed by atoms with E-state index in [9.17, 15) is 19.2 Å². The predicted octanol–water partition coefficient (Wildman–Crippen LogP) is 5.20. The van der Waals surface area contributed by atoms with E-state index in [1.54, 1.807) is 49.4 Å². The van der Waals surface area contributed by atoms with Crippen LogP contribution in [0.4, 0.5) is 0 Å². The number of amides is 1. The highest BCUT2D eigenvalue weighted by Crippen LogP contribution is 2.35. The van der Waals surface area contributed by atoms with Crippen molar-refractivity contribution in [1.29, 1.82) is 5.41 Å². The zero-order valence-electron chi connectivity index (χ0n) is 27.1. The van der Waals surface area contributed by atoms with Crippen molar-refractivity contribution in [1.82, 2.24) is 10.3 Å². The Kier molecular flexibility index (Phi) is 11.3. The third-order valence-electron chi connectivity index (χ3n) is 8.14. The number of nitrogens with one attached hydrogen (secondary N) is 2. The number of methoxy groups -OCH3 is 1. The van der Waals surface area contributed by atoms with Gasteiger partial charge in [0.15, 0.2) is 11.5 Å². The third kappa shape index (κ3) is 8.69. The van der Waals surface area contributed by atoms with E-state index in [0.717, 1.165) is 12.8 Å². The molecule has 1 aliphatic carbocycles. The Labute approximate surface area is 274 Å². The Hall–Kier alpha value is -5.32. The highest BCUT2D eigenvalue weighted by Gasteiger charge is 2.27. The maximum atomic E-state index is 13.9. The number of rotatable bonds is 15. The Morgan fingerprint density at radius 2 is 1.74 bits per heavy atom. The number of carbonyl (C=O) groups excluding carboxylic acids is 4. The summed E-state index contributed by atoms with van der Waals surface area (Å²) in [5.74, 6) is -1.89. The minimum Gasteiger partial charge on any atom is -0.496 e. The van der Waals surface area contributed by atoms with Crippen molar-refractivity contribution in [3.05, 3.63) is 88.8 Å². The van der Waals surface area contributed by atoms with E-state index >= 15 is 0 Å². The molecule has 0 bridgehead atoms. The molecule has 2 aromatic carbocycles. The summed E-state index contributed by atoms with van der Waals surface area (Å²) in [6.07, 6.45) is 3.62. The highest BCUT2D eigenvalue weighted by molar-refractivity contribution is 6.07. The lowest BCUT2D eigenvalue weighted by atomic mass is 9.90. The lowest BCUT2D eigenvalue weighted by Gasteiger charge is -2.17. The molecule has 0 unspecified atom stereocenters. The number of esters is 2. The van der Waals surface area contributed by atoms with Gasteiger partial charge in [-0.25, -0.2) is 9.78 Å². The number of Topliss-reactive ketones (excluding diaryl/α,β-unsaturated/α-hetero) is 1. The smallest absolute Gasteiger partial charge is 0.360 e. The van der Waals surface area contributed by atoms with Gasteiger partial charge in [0.1, 0.15) is 17.3 Å². The average molecular weight is 641 g/mol. The van der Waals surface area contributed by atoms with Gasteiger partial charge in [-0.1, -0.05) is 57.7 Å². The molecule has 1 saturated carbocycles. The number of ketones is 1. The Morgan fingerprint density at radius 3 is 2.34 bits per heavy atom. The second-order valence-electron chi connectivity index (χ2n) is 11.8. The molecule has 246 valence electrons. The van der Waals surface area contributed by atoms with Crippen LogP contribution in [0.1, 0.15) is 81.6 Å². The van der Waals surface area contributed by atoms with E-state index < -0.39 is 30.6 Å². The van der Waals surface area contributed by atoms with Crippen LogP contribution in [0.15, 0.2) is 55.1 Å². The summed E-state index contributed by atoms with van der Waals surface area (Å²) in [6.45, 7) is 9.15. The van der Waals surface area contributed by atoms with Gasteiger partial charge in [0.2, 0.25) is 6.79 Å². The lowest BCUT2D eigenvalue weighted by molar-refractivity contribution is -0.158. The predicted molar refractivity (Wildman–Crippen MR) is 177 cm³/mol. The summed E-state index contributed by atoms with van der Waals surface area (Å²) in [6, 6.07) is 13.0. The maximum absolute atomic E-state index is 13.9. The number of hydrogen-bond acceptors (Lipinski definition) is 9. The SMILES string of the molecule is C=Cc1cc(C(=O)Cc2ccc(C(=N)N)cc2)c(-c2ccc(C(=O)NCC3CC3)nc2C(=O)OCOC(=O)[C@@H](C)C(C)C)cc1OC. The minimum absolute atomic E-state index is 0.00700. The van der Waals surface area contributed by atoms with E-state index in [0.29, 0.717) is 40.5 Å². The number of nitrogens with zero attached hydrogens (tertiary/aromatic N) is 1. The van der Waals surface area contributed by atoms with Gasteiger partial charge < -0.3 is 25.3 Å². The van der Waals surface area contributed by atoms with Gasteiger partial charge in [0.05, 0.1) is 13.0 Å². The first-order chi connectivity index (χ1) is 22.4. The molecule has 1 heterocycles. The first kappa shape index (κ1) is 34.6. The van der Waals surface area contributed by atoms with Crippen LogP contribution >= 0.6 is 0 Å². The van der Waals surface area contributed by atoms with Crippen LogP contribution in [0.3, 0.4) is 0 Å². The zero-order chi connectivity index (χ0) is 34.2. The van der Waals surface area contributed by atoms with Gasteiger partial charge in [-0.3, -0.25) is 19.8 Å². The van der Waals surface area contributed by atoms with Crippen molar-refractivity contribution >= 4 is 35.5 Å². The molecule has 1 fully saturated rings. The van der Waals surface area contributed by atoms with Crippen molar-refractivity contribution in [3.63, 3.8) is 0 Å². The van der Waals surface area contributed by atoms with Gasteiger partial charge in [-0.15, -0.1) is 0 Å². The number of hydrogen-bond donors (Lipinski definition) is 3. The number of amidine groups is 1. The van der Waals surface area contributed by atoms with Crippen molar-refractivity contribution in [2.45, 2.75) is 40.0 Å². The highest BCUT2D eigenvalue weighted by atomic mass is 16.7. The van der Waals surface area contributed by atoms with Crippen LogP contribution in [0.25, 0.3) is 17.2 Å². The summed E-state index contributed by atoms with van der Waals surface area (Å²) in [7, 11) is 1.47. The van der Waals surface area contributed by atoms with Crippen molar-refractivity contribution in [3.8, 4) is 16.9 Å². The van der Waals surface area contributed by atoms with Crippen molar-refractivity contribution < 1.29 is 33.4 Å². The van der Waals surface area contributed by atoms with Crippen LogP contribution in [0.5, 0.6) is 5.75 Å². The van der Waals surface area contributed by atoms with Crippen LogP contribution in [-0.4, -0.2) is 54.9 Å². The summed E-state index contributed by atoms with van der Waals surface area (Å²) < 4.78 is 16.1. The van der Waals surface area contributed by atoms with E-state index in [4.69, 9.17) is 25.4 Å². The summed E-state index contributed by atoms with van der Waals surface area (Å²) >= 11 is 0. The van der Waals surface area contributed by atoms with Crippen LogP contribution < -0.4 is 15.8 Å². The molecule has 1 atom stereocenters. The molecular weight excluding hydrogens is 600 g/mol. The molecule has 4 rings (SSSR count). The van der Waals surface area contributed by atoms with Crippen molar-refractivity contribution in [2.24, 2.45) is 23.5 Å². The molecule has 0 spiro atoms. The monoisotopic (exact) mass is 640 g/mol. The standard InChI is InChI=1S/C36H40N4O7/c1-6-24-16-28(30(41)15-22-9-11-25(12-10-22)33(37)38)27(17-31(24)45-5)26-13-14-29(34(42)39-18-23-7-8-23)40-32(26)36(44)47-19-46-35(43)21(4)20(2)3/h6,9-14,16-17,20-21,23H,1,7-8,15,18-19H2,2-5H3,(H3,37,38)(H,39,42)/t21-/m0/s1. The third-order valence-corrected chi connectivity index (χ3v) is 8.14. The molecule has 47 heavy (non-hydrogen) atoms. The lowest BCUT2D eigenvalue weighted by Crippen LogP contribution is -2.27. The number of nitrogen functional groups attached to an aromatic ring is 1. The molecule has 1 aromatic heterocycles. The molecule has 1 aliphatic rings. The average Bonchev–Trinajstić information content (AvgIpc) is 3.90. The molecule has 0 saturated heterocycles. The molecule has 0 radical (unpaired) electrons. The number of aromatic nitrogens is 1. The summed E-state index contributed by atoms with van der Waals surface area (Å²) in [5, 5.41) is 10.5. The van der Waals surface area contributed by atoms with E-state index in [1.807, 2.05) is 13.8 Å². The Morgan fingerprint density at radius 1 is 1.04 bits per heavy atom. The fraction of sp³-hybridized carbons (Fsp3) is 0.333. The van der Waals surface area contributed by atoms with Gasteiger partial charge in [0.25, 0.3) is 5.91 Å². The van der Waals surface area contributed by atoms with Gasteiger partial charge >= 0.3 is 11.9 Å². The van der Waals surface area contributed by atoms with Crippen LogP contribution in [-0.2, 0) is 20.7 Å². The fourth-order valence-electron chi connectivity index (χ4n) is 4.69. The second kappa shape index (κ2) is 15.3. The summed E-state index contributed by atoms with van der Waals surface area (Å²) in [5.41, 5.74) is 7.83. The normalized spacial score (nSPS) is 13.0. The number of pyridine rings is 1. The van der Waals surface area contributed by atoms with E-state index in [1.165, 1.54) is 19.2 Å².